The lowest BCUT2D eigenvalue weighted by atomic mass is 10.1. The Morgan fingerprint density at radius 1 is 1.33 bits per heavy atom. The first-order chi connectivity index (χ1) is 6.87. The summed E-state index contributed by atoms with van der Waals surface area (Å²) in [5.41, 5.74) is 0.727. The summed E-state index contributed by atoms with van der Waals surface area (Å²) in [6.07, 6.45) is 0.275. The van der Waals surface area contributed by atoms with Crippen LogP contribution in [0.5, 0.6) is 0 Å². The van der Waals surface area contributed by atoms with E-state index in [4.69, 9.17) is 23.2 Å². The molecule has 1 N–H and O–H groups in total. The molecule has 1 aromatic carbocycles. The van der Waals surface area contributed by atoms with Crippen molar-refractivity contribution in [2.24, 2.45) is 0 Å². The Balaban J connectivity index is 2.55. The number of benzene rings is 1. The van der Waals surface area contributed by atoms with Crippen LogP contribution in [0.4, 0.5) is 5.69 Å². The molecule has 2 nitrogen and oxygen atoms in total. The van der Waals surface area contributed by atoms with Crippen molar-refractivity contribution in [2.45, 2.75) is 25.1 Å². The summed E-state index contributed by atoms with van der Waals surface area (Å²) in [5.74, 6) is -0.0997. The van der Waals surface area contributed by atoms with E-state index in [1.165, 1.54) is 0 Å². The molecule has 4 heteroatoms. The van der Waals surface area contributed by atoms with E-state index in [-0.39, 0.29) is 12.3 Å². The van der Waals surface area contributed by atoms with Gasteiger partial charge in [-0.25, -0.2) is 0 Å². The fourth-order valence-corrected chi connectivity index (χ4v) is 1.37. The molecule has 0 heterocycles. The summed E-state index contributed by atoms with van der Waals surface area (Å²) in [6.45, 7) is 3.60. The number of halogens is 2. The van der Waals surface area contributed by atoms with Gasteiger partial charge in [0.25, 0.3) is 0 Å². The van der Waals surface area contributed by atoms with E-state index in [2.05, 4.69) is 5.32 Å². The van der Waals surface area contributed by atoms with E-state index in [0.29, 0.717) is 5.02 Å². The first-order valence-corrected chi connectivity index (χ1v) is 5.37. The molecule has 0 radical (unpaired) electrons. The van der Waals surface area contributed by atoms with Crippen LogP contribution in [0.15, 0.2) is 24.3 Å². The fraction of sp³-hybridized carbons (Fsp3) is 0.364. The highest BCUT2D eigenvalue weighted by molar-refractivity contribution is 6.30. The number of anilines is 1. The van der Waals surface area contributed by atoms with Gasteiger partial charge < -0.3 is 5.32 Å². The lowest BCUT2D eigenvalue weighted by Crippen LogP contribution is -2.22. The molecule has 0 spiro atoms. The van der Waals surface area contributed by atoms with Gasteiger partial charge in [-0.1, -0.05) is 11.6 Å². The summed E-state index contributed by atoms with van der Waals surface area (Å²) in [7, 11) is 0. The molecular weight excluding hydrogens is 233 g/mol. The van der Waals surface area contributed by atoms with Crippen molar-refractivity contribution in [2.75, 3.05) is 5.32 Å². The van der Waals surface area contributed by atoms with Crippen molar-refractivity contribution in [1.29, 1.82) is 0 Å². The highest BCUT2D eigenvalue weighted by Gasteiger charge is 2.18. The number of alkyl halides is 1. The van der Waals surface area contributed by atoms with E-state index in [1.54, 1.807) is 38.1 Å². The van der Waals surface area contributed by atoms with Crippen LogP contribution in [-0.4, -0.2) is 10.8 Å². The Bertz CT molecular complexity index is 341. The lowest BCUT2D eigenvalue weighted by molar-refractivity contribution is -0.116. The van der Waals surface area contributed by atoms with Crippen LogP contribution in [0.2, 0.25) is 5.02 Å². The average Bonchev–Trinajstić information content (AvgIpc) is 2.05. The maximum Gasteiger partial charge on any atom is 0.226 e. The molecule has 0 saturated heterocycles. The highest BCUT2D eigenvalue weighted by atomic mass is 35.5. The molecule has 0 bridgehead atoms. The maximum absolute atomic E-state index is 11.5. The van der Waals surface area contributed by atoms with Crippen LogP contribution in [0.25, 0.3) is 0 Å². The number of nitrogens with one attached hydrogen (secondary N) is 1. The molecule has 0 aliphatic heterocycles. The molecule has 0 unspecified atom stereocenters. The zero-order valence-corrected chi connectivity index (χ0v) is 10.2. The summed E-state index contributed by atoms with van der Waals surface area (Å²) < 4.78 is 0. The van der Waals surface area contributed by atoms with Crippen molar-refractivity contribution in [3.05, 3.63) is 29.3 Å². The second-order valence-electron chi connectivity index (χ2n) is 3.95. The third-order valence-corrected chi connectivity index (χ3v) is 2.09. The Morgan fingerprint density at radius 2 is 1.87 bits per heavy atom. The summed E-state index contributed by atoms with van der Waals surface area (Å²) in [6, 6.07) is 6.95. The molecule has 1 rings (SSSR count). The Hall–Kier alpha value is -0.730. The smallest absolute Gasteiger partial charge is 0.226 e. The van der Waals surface area contributed by atoms with Gasteiger partial charge in [-0.05, 0) is 38.1 Å². The van der Waals surface area contributed by atoms with Crippen molar-refractivity contribution >= 4 is 34.8 Å². The number of hydrogen-bond donors (Lipinski definition) is 1. The first-order valence-electron chi connectivity index (χ1n) is 4.61. The quantitative estimate of drug-likeness (QED) is 0.809. The number of carbonyl (C=O) groups is 1. The maximum atomic E-state index is 11.5. The zero-order valence-electron chi connectivity index (χ0n) is 8.68. The second-order valence-corrected chi connectivity index (χ2v) is 5.41. The molecule has 0 atom stereocenters. The van der Waals surface area contributed by atoms with Gasteiger partial charge in [-0.3, -0.25) is 4.79 Å². The number of carbonyl (C=O) groups excluding carboxylic acids is 1. The topological polar surface area (TPSA) is 29.1 Å². The van der Waals surface area contributed by atoms with E-state index in [9.17, 15) is 4.79 Å². The van der Waals surface area contributed by atoms with Gasteiger partial charge >= 0.3 is 0 Å². The van der Waals surface area contributed by atoms with E-state index in [1.807, 2.05) is 0 Å². The largest absolute Gasteiger partial charge is 0.326 e. The van der Waals surface area contributed by atoms with Crippen LogP contribution < -0.4 is 5.32 Å². The van der Waals surface area contributed by atoms with Gasteiger partial charge in [-0.2, -0.15) is 0 Å². The van der Waals surface area contributed by atoms with Crippen molar-refractivity contribution in [3.63, 3.8) is 0 Å². The van der Waals surface area contributed by atoms with Crippen molar-refractivity contribution < 1.29 is 4.79 Å². The third-order valence-electron chi connectivity index (χ3n) is 1.71. The number of rotatable bonds is 3. The average molecular weight is 246 g/mol. The van der Waals surface area contributed by atoms with Crippen LogP contribution >= 0.6 is 23.2 Å². The zero-order chi connectivity index (χ0) is 11.5. The molecule has 82 valence electrons. The minimum atomic E-state index is -0.517. The Labute approximate surface area is 99.6 Å². The van der Waals surface area contributed by atoms with Gasteiger partial charge in [0, 0.05) is 22.0 Å². The lowest BCUT2D eigenvalue weighted by Gasteiger charge is -2.14. The second kappa shape index (κ2) is 4.86. The summed E-state index contributed by atoms with van der Waals surface area (Å²) in [5, 5.41) is 3.39. The predicted molar refractivity (Wildman–Crippen MR) is 64.6 cm³/mol. The Kier molecular flexibility index (Phi) is 4.00. The first kappa shape index (κ1) is 12.3. The molecule has 0 aromatic heterocycles. The summed E-state index contributed by atoms with van der Waals surface area (Å²) in [4.78, 5) is 11.0. The monoisotopic (exact) mass is 245 g/mol. The van der Waals surface area contributed by atoms with Gasteiger partial charge in [-0.15, -0.1) is 11.6 Å². The Morgan fingerprint density at radius 3 is 2.33 bits per heavy atom. The normalized spacial score (nSPS) is 11.2. The molecule has 15 heavy (non-hydrogen) atoms. The SMILES string of the molecule is CC(C)(Cl)CC(=O)Nc1ccc(Cl)cc1. The van der Waals surface area contributed by atoms with Gasteiger partial charge in [0.1, 0.15) is 0 Å². The molecule has 0 saturated carbocycles. The van der Waals surface area contributed by atoms with Crippen LogP contribution in [-0.2, 0) is 4.79 Å². The van der Waals surface area contributed by atoms with Crippen LogP contribution in [0.1, 0.15) is 20.3 Å². The van der Waals surface area contributed by atoms with Gasteiger partial charge in [0.05, 0.1) is 0 Å². The molecular formula is C11H13Cl2NO. The fourth-order valence-electron chi connectivity index (χ4n) is 1.12. The number of amides is 1. The standard InChI is InChI=1S/C11H13Cl2NO/c1-11(2,13)7-10(15)14-9-5-3-8(12)4-6-9/h3-6H,7H2,1-2H3,(H,14,15). The van der Waals surface area contributed by atoms with Crippen LogP contribution in [0.3, 0.4) is 0 Å². The third kappa shape index (κ3) is 5.05. The minimum Gasteiger partial charge on any atom is -0.326 e. The predicted octanol–water partition coefficient (Wildman–Crippen LogP) is 3.69. The van der Waals surface area contributed by atoms with Crippen LogP contribution in [0, 0.1) is 0 Å². The number of hydrogen-bond acceptors (Lipinski definition) is 1. The molecule has 1 aromatic rings. The van der Waals surface area contributed by atoms with Crippen molar-refractivity contribution in [3.8, 4) is 0 Å². The molecule has 1 amide bonds. The molecule has 0 fully saturated rings. The van der Waals surface area contributed by atoms with E-state index >= 15 is 0 Å². The van der Waals surface area contributed by atoms with E-state index < -0.39 is 4.87 Å². The molecule has 0 aliphatic carbocycles. The molecule has 0 aliphatic rings. The summed E-state index contributed by atoms with van der Waals surface area (Å²) >= 11 is 11.7. The van der Waals surface area contributed by atoms with Crippen molar-refractivity contribution in [1.82, 2.24) is 0 Å². The van der Waals surface area contributed by atoms with Gasteiger partial charge in [0.15, 0.2) is 0 Å². The minimum absolute atomic E-state index is 0.0997. The highest BCUT2D eigenvalue weighted by Crippen LogP contribution is 2.19. The van der Waals surface area contributed by atoms with E-state index in [0.717, 1.165) is 5.69 Å². The van der Waals surface area contributed by atoms with Gasteiger partial charge in [0.2, 0.25) is 5.91 Å².